The van der Waals surface area contributed by atoms with Gasteiger partial charge in [0, 0.05) is 18.3 Å². The number of carbonyl (C=O) groups is 3. The van der Waals surface area contributed by atoms with Gasteiger partial charge in [-0.05, 0) is 123 Å². The van der Waals surface area contributed by atoms with Crippen molar-refractivity contribution in [3.8, 4) is 0 Å². The summed E-state index contributed by atoms with van der Waals surface area (Å²) >= 11 is 0. The summed E-state index contributed by atoms with van der Waals surface area (Å²) in [4.78, 5) is 36.4. The summed E-state index contributed by atoms with van der Waals surface area (Å²) in [5.74, 6) is 0.181. The molecule has 5 rings (SSSR count). The predicted molar refractivity (Wildman–Crippen MR) is 158 cm³/mol. The third-order valence-corrected chi connectivity index (χ3v) is 14.5. The average Bonchev–Trinajstić information content (AvgIpc) is 3.27. The first-order valence-corrected chi connectivity index (χ1v) is 16.3. The zero-order valence-corrected chi connectivity index (χ0v) is 26.4. The number of allylic oxidation sites excluding steroid dienone is 1. The van der Waals surface area contributed by atoms with E-state index in [1.54, 1.807) is 0 Å². The van der Waals surface area contributed by atoms with Crippen LogP contribution in [0.2, 0.25) is 0 Å². The van der Waals surface area contributed by atoms with Crippen LogP contribution in [-0.2, 0) is 19.1 Å². The molecule has 0 bridgehead atoms. The van der Waals surface area contributed by atoms with Crippen molar-refractivity contribution in [1.29, 1.82) is 0 Å². The van der Waals surface area contributed by atoms with Crippen LogP contribution in [0.3, 0.4) is 0 Å². The molecule has 0 radical (unpaired) electrons. The van der Waals surface area contributed by atoms with Gasteiger partial charge in [-0.1, -0.05) is 46.8 Å². The molecule has 5 fully saturated rings. The monoisotopic (exact) mass is 570 g/mol. The number of carbonyl (C=O) groups excluding carboxylic acids is 1. The van der Waals surface area contributed by atoms with Crippen LogP contribution < -0.4 is 0 Å². The summed E-state index contributed by atoms with van der Waals surface area (Å²) < 4.78 is 6.07. The maximum Gasteiger partial charge on any atom is 0.309 e. The lowest BCUT2D eigenvalue weighted by Gasteiger charge is -2.72. The number of carboxylic acid groups (broad SMARTS) is 2. The van der Waals surface area contributed by atoms with Crippen LogP contribution in [-0.4, -0.2) is 34.2 Å². The molecule has 0 amide bonds. The van der Waals surface area contributed by atoms with Gasteiger partial charge in [0.1, 0.15) is 6.10 Å². The third-order valence-electron chi connectivity index (χ3n) is 14.5. The van der Waals surface area contributed by atoms with E-state index in [2.05, 4.69) is 48.1 Å². The maximum absolute atomic E-state index is 12.9. The molecule has 230 valence electrons. The van der Waals surface area contributed by atoms with E-state index in [1.165, 1.54) is 5.57 Å². The number of carboxylic acids is 2. The largest absolute Gasteiger partial charge is 0.481 e. The summed E-state index contributed by atoms with van der Waals surface area (Å²) in [5, 5.41) is 19.5. The highest BCUT2D eigenvalue weighted by molar-refractivity contribution is 5.76. The van der Waals surface area contributed by atoms with E-state index in [0.717, 1.165) is 64.2 Å². The molecule has 41 heavy (non-hydrogen) atoms. The fourth-order valence-corrected chi connectivity index (χ4v) is 12.3. The highest BCUT2D eigenvalue weighted by Gasteiger charge is 2.72. The normalized spacial score (nSPS) is 46.3. The molecule has 0 aromatic rings. The molecule has 0 spiro atoms. The second kappa shape index (κ2) is 10.1. The zero-order chi connectivity index (χ0) is 30.2. The van der Waals surface area contributed by atoms with Gasteiger partial charge in [0.2, 0.25) is 0 Å². The second-order valence-corrected chi connectivity index (χ2v) is 16.2. The lowest BCUT2D eigenvalue weighted by molar-refractivity contribution is -0.250. The molecule has 0 heterocycles. The van der Waals surface area contributed by atoms with Crippen molar-refractivity contribution in [2.24, 2.45) is 56.7 Å². The fraction of sp³-hybridized carbons (Fsp3) is 0.857. The Morgan fingerprint density at radius 1 is 0.805 bits per heavy atom. The molecule has 0 aliphatic heterocycles. The Labute approximate surface area is 247 Å². The van der Waals surface area contributed by atoms with Gasteiger partial charge >= 0.3 is 17.9 Å². The quantitative estimate of drug-likeness (QED) is 0.238. The summed E-state index contributed by atoms with van der Waals surface area (Å²) in [6.45, 7) is 18.7. The smallest absolute Gasteiger partial charge is 0.309 e. The van der Waals surface area contributed by atoms with Crippen LogP contribution >= 0.6 is 0 Å². The molecular formula is C35H54O6. The van der Waals surface area contributed by atoms with E-state index >= 15 is 0 Å². The van der Waals surface area contributed by atoms with E-state index in [1.807, 2.05) is 0 Å². The minimum atomic E-state index is -0.880. The lowest BCUT2D eigenvalue weighted by Crippen LogP contribution is -2.67. The molecule has 5 aliphatic rings. The first-order valence-electron chi connectivity index (χ1n) is 16.3. The maximum atomic E-state index is 12.9. The van der Waals surface area contributed by atoms with E-state index in [9.17, 15) is 19.5 Å². The molecule has 0 aromatic carbocycles. The third kappa shape index (κ3) is 4.34. The van der Waals surface area contributed by atoms with Gasteiger partial charge in [-0.25, -0.2) is 0 Å². The molecule has 5 saturated carbocycles. The van der Waals surface area contributed by atoms with Crippen molar-refractivity contribution >= 4 is 17.9 Å². The number of rotatable bonds is 7. The highest BCUT2D eigenvalue weighted by atomic mass is 16.5. The summed E-state index contributed by atoms with van der Waals surface area (Å²) in [6, 6.07) is 0. The van der Waals surface area contributed by atoms with E-state index < -0.39 is 17.4 Å². The SMILES string of the molecule is C=C(C)[C@@H]1CC[C@]2(C(=O)O)CC[C@]3(C)C(CCC4[C@@]5(C)CC[C@H](OC(=O)CCCC(=O)O)C(C)(C)C5CC[C@]43C)C12. The molecule has 2 N–H and O–H groups in total. The van der Waals surface area contributed by atoms with Crippen LogP contribution in [0.5, 0.6) is 0 Å². The molecule has 5 aliphatic carbocycles. The average molecular weight is 571 g/mol. The van der Waals surface area contributed by atoms with Crippen LogP contribution in [0, 0.1) is 56.7 Å². The van der Waals surface area contributed by atoms with Crippen LogP contribution in [0.25, 0.3) is 0 Å². The lowest BCUT2D eigenvalue weighted by atomic mass is 9.32. The molecule has 10 atom stereocenters. The van der Waals surface area contributed by atoms with Crippen LogP contribution in [0.4, 0.5) is 0 Å². The Hall–Kier alpha value is -1.85. The first-order chi connectivity index (χ1) is 19.0. The van der Waals surface area contributed by atoms with Crippen molar-refractivity contribution < 1.29 is 29.3 Å². The molecule has 6 nitrogen and oxygen atoms in total. The van der Waals surface area contributed by atoms with Crippen molar-refractivity contribution in [3.63, 3.8) is 0 Å². The Bertz CT molecular complexity index is 1110. The van der Waals surface area contributed by atoms with E-state index in [4.69, 9.17) is 9.84 Å². The van der Waals surface area contributed by atoms with Gasteiger partial charge in [0.05, 0.1) is 5.41 Å². The van der Waals surface area contributed by atoms with Gasteiger partial charge in [-0.15, -0.1) is 0 Å². The second-order valence-electron chi connectivity index (χ2n) is 16.2. The van der Waals surface area contributed by atoms with Crippen LogP contribution in [0.15, 0.2) is 12.2 Å². The molecule has 4 unspecified atom stereocenters. The first kappa shape index (κ1) is 30.6. The molecule has 6 heteroatoms. The van der Waals surface area contributed by atoms with Gasteiger partial charge in [-0.3, -0.25) is 14.4 Å². The van der Waals surface area contributed by atoms with Gasteiger partial charge in [-0.2, -0.15) is 0 Å². The molecule has 0 saturated heterocycles. The van der Waals surface area contributed by atoms with Crippen molar-refractivity contribution in [2.75, 3.05) is 0 Å². The zero-order valence-electron chi connectivity index (χ0n) is 26.4. The molecule has 0 aromatic heterocycles. The Kier molecular flexibility index (Phi) is 7.55. The van der Waals surface area contributed by atoms with Gasteiger partial charge in [0.15, 0.2) is 0 Å². The number of esters is 1. The summed E-state index contributed by atoms with van der Waals surface area (Å²) in [5.41, 5.74) is 0.806. The predicted octanol–water partition coefficient (Wildman–Crippen LogP) is 7.90. The van der Waals surface area contributed by atoms with E-state index in [-0.39, 0.29) is 52.5 Å². The minimum Gasteiger partial charge on any atom is -0.481 e. The van der Waals surface area contributed by atoms with Crippen molar-refractivity contribution in [1.82, 2.24) is 0 Å². The standard InChI is InChI=1S/C35H54O6/c1-21(2)22-13-18-35(30(39)40)20-19-33(6)23(29(22)35)11-12-25-32(5)16-15-26(41-28(38)10-8-9-27(36)37)31(3,4)24(32)14-17-34(25,33)7/h22-26,29H,1,8-20H2,2-7H3,(H,36,37)(H,39,40)/t22-,23?,24?,25?,26-,29?,32-,33+,34+,35-/m0/s1. The Balaban J connectivity index is 1.40. The number of ether oxygens (including phenoxy) is 1. The summed E-state index contributed by atoms with van der Waals surface area (Å²) in [7, 11) is 0. The van der Waals surface area contributed by atoms with Gasteiger partial charge < -0.3 is 14.9 Å². The Morgan fingerprint density at radius 3 is 2.15 bits per heavy atom. The highest BCUT2D eigenvalue weighted by Crippen LogP contribution is 2.77. The topological polar surface area (TPSA) is 101 Å². The van der Waals surface area contributed by atoms with Crippen molar-refractivity contribution in [2.45, 2.75) is 131 Å². The number of hydrogen-bond donors (Lipinski definition) is 2. The number of aliphatic carboxylic acids is 2. The molecular weight excluding hydrogens is 516 g/mol. The van der Waals surface area contributed by atoms with E-state index in [0.29, 0.717) is 30.1 Å². The van der Waals surface area contributed by atoms with Gasteiger partial charge in [0.25, 0.3) is 0 Å². The number of fused-ring (bicyclic) bond motifs is 7. The Morgan fingerprint density at radius 2 is 1.51 bits per heavy atom. The number of hydrogen-bond acceptors (Lipinski definition) is 4. The summed E-state index contributed by atoms with van der Waals surface area (Å²) in [6.07, 6.45) is 10.2. The van der Waals surface area contributed by atoms with Crippen molar-refractivity contribution in [3.05, 3.63) is 12.2 Å². The van der Waals surface area contributed by atoms with Crippen LogP contribution in [0.1, 0.15) is 125 Å². The fourth-order valence-electron chi connectivity index (χ4n) is 12.3. The minimum absolute atomic E-state index is 0.00850.